The van der Waals surface area contributed by atoms with Gasteiger partial charge in [-0.2, -0.15) is 0 Å². The van der Waals surface area contributed by atoms with E-state index < -0.39 is 22.3 Å². The van der Waals surface area contributed by atoms with Crippen LogP contribution >= 0.6 is 11.6 Å². The summed E-state index contributed by atoms with van der Waals surface area (Å²) >= 11 is 5.71. The molecule has 102 valence electrons. The Morgan fingerprint density at radius 2 is 2.00 bits per heavy atom. The summed E-state index contributed by atoms with van der Waals surface area (Å²) in [5, 5.41) is 22.6. The molecule has 0 radical (unpaired) electrons. The van der Waals surface area contributed by atoms with Crippen molar-refractivity contribution in [2.75, 3.05) is 26.3 Å². The second-order valence-corrected chi connectivity index (χ2v) is 4.40. The number of amides is 1. The summed E-state index contributed by atoms with van der Waals surface area (Å²) in [5.74, 6) is -1.47. The second-order valence-electron chi connectivity index (χ2n) is 3.96. The number of halogens is 1. The lowest BCUT2D eigenvalue weighted by molar-refractivity contribution is -0.398. The van der Waals surface area contributed by atoms with Crippen LogP contribution in [0.3, 0.4) is 0 Å². The molecule has 1 aromatic carbocycles. The smallest absolute Gasteiger partial charge is 0.264 e. The fourth-order valence-corrected chi connectivity index (χ4v) is 2.02. The van der Waals surface area contributed by atoms with Gasteiger partial charge in [0, 0.05) is 29.7 Å². The lowest BCUT2D eigenvalue weighted by atomic mass is 10.1. The Labute approximate surface area is 113 Å². The van der Waals surface area contributed by atoms with Crippen LogP contribution in [0.2, 0.25) is 5.02 Å². The lowest BCUT2D eigenvalue weighted by Gasteiger charge is -2.28. The summed E-state index contributed by atoms with van der Waals surface area (Å²) in [6, 6.07) is 2.11. The Kier molecular flexibility index (Phi) is 3.87. The molecule has 0 unspecified atom stereocenters. The first-order valence-corrected chi connectivity index (χ1v) is 5.90. The first-order valence-electron chi connectivity index (χ1n) is 5.52. The normalized spacial score (nSPS) is 15.3. The van der Waals surface area contributed by atoms with Gasteiger partial charge < -0.3 is 14.7 Å². The van der Waals surface area contributed by atoms with E-state index in [4.69, 9.17) is 16.3 Å². The number of nitro groups is 1. The van der Waals surface area contributed by atoms with Crippen LogP contribution in [0.1, 0.15) is 10.4 Å². The number of benzene rings is 1. The van der Waals surface area contributed by atoms with Crippen LogP contribution in [-0.2, 0) is 4.74 Å². The zero-order valence-corrected chi connectivity index (χ0v) is 10.6. The third kappa shape index (κ3) is 2.77. The number of carbonyl (C=O) groups excluding carboxylic acids is 1. The van der Waals surface area contributed by atoms with Gasteiger partial charge >= 0.3 is 0 Å². The van der Waals surface area contributed by atoms with Crippen molar-refractivity contribution >= 4 is 23.2 Å². The molecule has 0 bridgehead atoms. The van der Waals surface area contributed by atoms with E-state index >= 15 is 0 Å². The van der Waals surface area contributed by atoms with E-state index in [0.29, 0.717) is 26.3 Å². The van der Waals surface area contributed by atoms with Gasteiger partial charge in [-0.1, -0.05) is 11.6 Å². The molecule has 0 spiro atoms. The SMILES string of the molecule is O=C(c1cc(Cl)cc([N+](=O)[O-])c1[O-])N1CCOCC1. The van der Waals surface area contributed by atoms with Crippen LogP contribution in [0.15, 0.2) is 12.1 Å². The maximum Gasteiger partial charge on any atom is 0.264 e. The molecule has 0 atom stereocenters. The number of rotatable bonds is 2. The molecular formula is C11H10ClN2O5-. The zero-order valence-electron chi connectivity index (χ0n) is 9.80. The van der Waals surface area contributed by atoms with E-state index in [2.05, 4.69) is 0 Å². The monoisotopic (exact) mass is 285 g/mol. The van der Waals surface area contributed by atoms with E-state index in [-0.39, 0.29) is 10.6 Å². The highest BCUT2D eigenvalue weighted by Gasteiger charge is 2.22. The molecule has 1 aliphatic rings. The molecule has 1 fully saturated rings. The van der Waals surface area contributed by atoms with Crippen molar-refractivity contribution in [3.05, 3.63) is 32.8 Å². The first-order chi connectivity index (χ1) is 9.00. The van der Waals surface area contributed by atoms with Gasteiger partial charge in [0.2, 0.25) is 0 Å². The summed E-state index contributed by atoms with van der Waals surface area (Å²) in [4.78, 5) is 23.4. The number of carbonyl (C=O) groups is 1. The van der Waals surface area contributed by atoms with Crippen molar-refractivity contribution in [3.63, 3.8) is 0 Å². The minimum atomic E-state index is -0.911. The highest BCUT2D eigenvalue weighted by atomic mass is 35.5. The molecule has 1 amide bonds. The van der Waals surface area contributed by atoms with Crippen LogP contribution in [0.4, 0.5) is 5.69 Å². The van der Waals surface area contributed by atoms with E-state index in [0.717, 1.165) is 12.1 Å². The molecule has 0 saturated carbocycles. The number of hydrogen-bond acceptors (Lipinski definition) is 5. The van der Waals surface area contributed by atoms with Gasteiger partial charge in [-0.25, -0.2) is 0 Å². The number of nitrogens with zero attached hydrogens (tertiary/aromatic N) is 2. The quantitative estimate of drug-likeness (QED) is 0.591. The molecule has 0 aliphatic carbocycles. The van der Waals surface area contributed by atoms with E-state index in [1.165, 1.54) is 4.90 Å². The highest BCUT2D eigenvalue weighted by Crippen LogP contribution is 2.31. The fraction of sp³-hybridized carbons (Fsp3) is 0.364. The van der Waals surface area contributed by atoms with Gasteiger partial charge in [0.05, 0.1) is 18.1 Å². The Hall–Kier alpha value is -1.86. The van der Waals surface area contributed by atoms with Crippen LogP contribution in [0, 0.1) is 10.1 Å². The topological polar surface area (TPSA) is 95.7 Å². The minimum Gasteiger partial charge on any atom is -0.867 e. The number of hydrogen-bond donors (Lipinski definition) is 0. The minimum absolute atomic E-state index is 0.0112. The predicted octanol–water partition coefficient (Wildman–Crippen LogP) is 0.794. The molecular weight excluding hydrogens is 276 g/mol. The number of morpholine rings is 1. The first kappa shape index (κ1) is 13.6. The maximum absolute atomic E-state index is 12.1. The Balaban J connectivity index is 2.38. The summed E-state index contributed by atoms with van der Waals surface area (Å²) in [6.07, 6.45) is 0. The Morgan fingerprint density at radius 3 is 2.58 bits per heavy atom. The molecule has 2 rings (SSSR count). The average molecular weight is 286 g/mol. The molecule has 7 nitrogen and oxygen atoms in total. The average Bonchev–Trinajstić information content (AvgIpc) is 2.41. The molecule has 0 aromatic heterocycles. The van der Waals surface area contributed by atoms with Crippen molar-refractivity contribution in [2.24, 2.45) is 0 Å². The Bertz CT molecular complexity index is 528. The maximum atomic E-state index is 12.1. The third-order valence-corrected chi connectivity index (χ3v) is 2.98. The lowest BCUT2D eigenvalue weighted by Crippen LogP contribution is -2.41. The van der Waals surface area contributed by atoms with Crippen molar-refractivity contribution in [3.8, 4) is 5.75 Å². The van der Waals surface area contributed by atoms with Gasteiger partial charge in [0.15, 0.2) is 0 Å². The van der Waals surface area contributed by atoms with Gasteiger partial charge in [0.1, 0.15) is 0 Å². The van der Waals surface area contributed by atoms with Gasteiger partial charge in [-0.15, -0.1) is 0 Å². The summed E-state index contributed by atoms with van der Waals surface area (Å²) < 4.78 is 5.10. The summed E-state index contributed by atoms with van der Waals surface area (Å²) in [6.45, 7) is 1.45. The zero-order chi connectivity index (χ0) is 14.0. The molecule has 19 heavy (non-hydrogen) atoms. The van der Waals surface area contributed by atoms with Crippen molar-refractivity contribution < 1.29 is 19.6 Å². The molecule has 1 heterocycles. The Morgan fingerprint density at radius 1 is 1.37 bits per heavy atom. The number of ether oxygens (including phenoxy) is 1. The fourth-order valence-electron chi connectivity index (χ4n) is 1.81. The molecule has 1 aromatic rings. The van der Waals surface area contributed by atoms with Crippen LogP contribution in [0.5, 0.6) is 5.75 Å². The van der Waals surface area contributed by atoms with E-state index in [1.807, 2.05) is 0 Å². The van der Waals surface area contributed by atoms with Crippen molar-refractivity contribution in [2.45, 2.75) is 0 Å². The van der Waals surface area contributed by atoms with E-state index in [1.54, 1.807) is 0 Å². The largest absolute Gasteiger partial charge is 0.867 e. The highest BCUT2D eigenvalue weighted by molar-refractivity contribution is 6.31. The molecule has 0 N–H and O–H groups in total. The van der Waals surface area contributed by atoms with Crippen LogP contribution in [-0.4, -0.2) is 42.0 Å². The van der Waals surface area contributed by atoms with Crippen molar-refractivity contribution in [1.82, 2.24) is 4.90 Å². The van der Waals surface area contributed by atoms with Crippen LogP contribution < -0.4 is 5.11 Å². The molecule has 1 saturated heterocycles. The molecule has 8 heteroatoms. The summed E-state index contributed by atoms with van der Waals surface area (Å²) in [5.41, 5.74) is -0.967. The van der Waals surface area contributed by atoms with Crippen LogP contribution in [0.25, 0.3) is 0 Å². The van der Waals surface area contributed by atoms with Gasteiger partial charge in [-0.3, -0.25) is 14.9 Å². The summed E-state index contributed by atoms with van der Waals surface area (Å²) in [7, 11) is 0. The third-order valence-electron chi connectivity index (χ3n) is 2.76. The van der Waals surface area contributed by atoms with Gasteiger partial charge in [0.25, 0.3) is 11.6 Å². The molecule has 1 aliphatic heterocycles. The number of nitro benzene ring substituents is 1. The predicted molar refractivity (Wildman–Crippen MR) is 64.3 cm³/mol. The van der Waals surface area contributed by atoms with Crippen molar-refractivity contribution in [1.29, 1.82) is 0 Å². The van der Waals surface area contributed by atoms with Gasteiger partial charge in [-0.05, 0) is 11.8 Å². The van der Waals surface area contributed by atoms with E-state index in [9.17, 15) is 20.0 Å². The second kappa shape index (κ2) is 5.41. The standard InChI is InChI=1S/C11H11ClN2O5/c12-7-5-8(10(15)9(6-7)14(17)18)11(16)13-1-3-19-4-2-13/h5-6,15H,1-4H2/p-1.